The maximum absolute atomic E-state index is 13.0. The van der Waals surface area contributed by atoms with E-state index < -0.39 is 6.10 Å². The Kier molecular flexibility index (Phi) is 7.04. The van der Waals surface area contributed by atoms with Crippen LogP contribution in [-0.2, 0) is 0 Å². The van der Waals surface area contributed by atoms with E-state index in [1.165, 1.54) is 0 Å². The lowest BCUT2D eigenvalue weighted by Crippen LogP contribution is -2.42. The molecule has 0 spiro atoms. The minimum absolute atomic E-state index is 0.0230. The van der Waals surface area contributed by atoms with E-state index in [0.717, 1.165) is 23.7 Å². The molecule has 1 aromatic heterocycles. The van der Waals surface area contributed by atoms with Crippen LogP contribution in [0.4, 0.5) is 17.3 Å². The van der Waals surface area contributed by atoms with Gasteiger partial charge in [0.2, 0.25) is 0 Å². The van der Waals surface area contributed by atoms with Crippen LogP contribution in [0.1, 0.15) is 55.6 Å². The number of aliphatic hydroxyl groups is 1. The normalized spacial score (nSPS) is 17.3. The Morgan fingerprint density at radius 2 is 1.85 bits per heavy atom. The molecule has 0 radical (unpaired) electrons. The number of amides is 1. The van der Waals surface area contributed by atoms with Crippen molar-refractivity contribution in [2.75, 3.05) is 23.7 Å². The van der Waals surface area contributed by atoms with Gasteiger partial charge in [-0.25, -0.2) is 0 Å². The second-order valence-corrected chi connectivity index (χ2v) is 10.2. The minimum atomic E-state index is -0.531. The van der Waals surface area contributed by atoms with E-state index in [9.17, 15) is 15.0 Å². The second-order valence-electron chi connectivity index (χ2n) is 9.69. The highest BCUT2D eigenvalue weighted by molar-refractivity contribution is 6.99. The predicted octanol–water partition coefficient (Wildman–Crippen LogP) is 4.78. The van der Waals surface area contributed by atoms with Crippen LogP contribution in [0.15, 0.2) is 48.5 Å². The summed E-state index contributed by atoms with van der Waals surface area (Å²) in [6.07, 6.45) is 0.889. The number of nitrogens with one attached hydrogen (secondary N) is 2. The molecule has 180 valence electrons. The Bertz CT molecular complexity index is 1130. The molecule has 1 fully saturated rings. The number of carbonyl (C=O) groups is 1. The molecular formula is C25H31N5O3S. The van der Waals surface area contributed by atoms with Crippen LogP contribution in [0.5, 0.6) is 5.75 Å². The number of benzene rings is 2. The Labute approximate surface area is 204 Å². The van der Waals surface area contributed by atoms with Crippen LogP contribution in [0.25, 0.3) is 0 Å². The number of carbonyl (C=O) groups excluding carboxylic acids is 1. The number of phenolic OH excluding ortho intramolecular Hbond substituents is 1. The first-order valence-electron chi connectivity index (χ1n) is 11.4. The van der Waals surface area contributed by atoms with Crippen molar-refractivity contribution in [2.24, 2.45) is 5.41 Å². The number of anilines is 3. The highest BCUT2D eigenvalue weighted by Crippen LogP contribution is 2.38. The highest BCUT2D eigenvalue weighted by Gasteiger charge is 2.29. The number of para-hydroxylation sites is 1. The molecule has 9 heteroatoms. The number of rotatable bonds is 6. The fourth-order valence-corrected chi connectivity index (χ4v) is 4.68. The Morgan fingerprint density at radius 3 is 2.56 bits per heavy atom. The molecule has 3 aromatic rings. The maximum Gasteiger partial charge on any atom is 0.257 e. The summed E-state index contributed by atoms with van der Waals surface area (Å²) in [7, 11) is 0. The van der Waals surface area contributed by atoms with E-state index in [-0.39, 0.29) is 35.2 Å². The number of nitrogens with zero attached hydrogens (tertiary/aromatic N) is 3. The molecule has 1 saturated heterocycles. The molecular weight excluding hydrogens is 450 g/mol. The van der Waals surface area contributed by atoms with Gasteiger partial charge in [0, 0.05) is 13.1 Å². The number of phenols is 1. The number of β-amino-alcohol motifs (C(OH)–C–C–N with tert-alkyl or cyclic N) is 1. The lowest BCUT2D eigenvalue weighted by Gasteiger charge is -2.32. The van der Waals surface area contributed by atoms with Gasteiger partial charge in [-0.2, -0.15) is 8.75 Å². The minimum Gasteiger partial charge on any atom is -0.505 e. The van der Waals surface area contributed by atoms with Gasteiger partial charge in [0.15, 0.2) is 17.4 Å². The first kappa shape index (κ1) is 24.0. The Morgan fingerprint density at radius 1 is 1.12 bits per heavy atom. The number of hydrogen-bond donors (Lipinski definition) is 4. The molecule has 1 unspecified atom stereocenters. The number of aromatic nitrogens is 2. The molecule has 1 aliphatic heterocycles. The van der Waals surface area contributed by atoms with Gasteiger partial charge >= 0.3 is 0 Å². The molecule has 0 saturated carbocycles. The molecule has 2 aromatic carbocycles. The van der Waals surface area contributed by atoms with Crippen molar-refractivity contribution in [3.63, 3.8) is 0 Å². The average Bonchev–Trinajstić information content (AvgIpc) is 3.25. The zero-order valence-corrected chi connectivity index (χ0v) is 20.5. The number of aromatic hydroxyl groups is 1. The smallest absolute Gasteiger partial charge is 0.257 e. The number of aliphatic hydroxyl groups excluding tert-OH is 1. The van der Waals surface area contributed by atoms with Crippen LogP contribution < -0.4 is 10.6 Å². The van der Waals surface area contributed by atoms with Gasteiger partial charge in [0.1, 0.15) is 0 Å². The van der Waals surface area contributed by atoms with Gasteiger partial charge < -0.3 is 25.7 Å². The van der Waals surface area contributed by atoms with Gasteiger partial charge in [-0.05, 0) is 36.0 Å². The molecule has 1 aliphatic rings. The van der Waals surface area contributed by atoms with Crippen molar-refractivity contribution < 1.29 is 15.0 Å². The summed E-state index contributed by atoms with van der Waals surface area (Å²) in [4.78, 5) is 14.6. The summed E-state index contributed by atoms with van der Waals surface area (Å²) in [5, 5.41) is 27.5. The third-order valence-electron chi connectivity index (χ3n) is 5.97. The molecule has 0 aliphatic carbocycles. The summed E-state index contributed by atoms with van der Waals surface area (Å²) in [5.41, 5.74) is 1.59. The maximum atomic E-state index is 13.0. The summed E-state index contributed by atoms with van der Waals surface area (Å²) in [6.45, 7) is 7.30. The summed E-state index contributed by atoms with van der Waals surface area (Å²) in [6, 6.07) is 15.1. The molecule has 4 rings (SSSR count). The quantitative estimate of drug-likeness (QED) is 0.375. The molecule has 4 N–H and O–H groups in total. The molecule has 2 atom stereocenters. The number of likely N-dealkylation sites (tertiary alicyclic amines) is 1. The second kappa shape index (κ2) is 9.99. The van der Waals surface area contributed by atoms with Gasteiger partial charge in [-0.15, -0.1) is 0 Å². The van der Waals surface area contributed by atoms with Gasteiger partial charge in [0.25, 0.3) is 5.91 Å². The van der Waals surface area contributed by atoms with Crippen molar-refractivity contribution in [1.82, 2.24) is 13.6 Å². The SMILES string of the molecule is CC(C)(C)[C@@H](Nc1nsnc1Nc1cccc(C(=O)N2CCCC(O)C2)c1O)c1ccccc1. The third-order valence-corrected chi connectivity index (χ3v) is 6.50. The topological polar surface area (TPSA) is 111 Å². The van der Waals surface area contributed by atoms with Crippen LogP contribution in [0.3, 0.4) is 0 Å². The molecule has 34 heavy (non-hydrogen) atoms. The zero-order valence-electron chi connectivity index (χ0n) is 19.7. The standard InChI is InChI=1S/C25H31N5O3S/c1-25(2,3)21(16-9-5-4-6-10-16)27-23-22(28-34-29-23)26-19-13-7-12-18(20(19)32)24(33)30-14-8-11-17(31)15-30/h4-7,9-10,12-13,17,21,31-32H,8,11,14-15H2,1-3H3,(H,26,28)(H,27,29)/t17?,21-/m0/s1. The van der Waals surface area contributed by atoms with Crippen molar-refractivity contribution in [3.8, 4) is 5.75 Å². The van der Waals surface area contributed by atoms with Crippen LogP contribution in [0.2, 0.25) is 0 Å². The van der Waals surface area contributed by atoms with E-state index in [0.29, 0.717) is 30.3 Å². The molecule has 2 heterocycles. The monoisotopic (exact) mass is 481 g/mol. The summed E-state index contributed by atoms with van der Waals surface area (Å²) >= 11 is 1.06. The van der Waals surface area contributed by atoms with Gasteiger partial charge in [-0.3, -0.25) is 4.79 Å². The van der Waals surface area contributed by atoms with Gasteiger partial charge in [-0.1, -0.05) is 57.2 Å². The van der Waals surface area contributed by atoms with Crippen molar-refractivity contribution >= 4 is 35.0 Å². The largest absolute Gasteiger partial charge is 0.505 e. The Hall–Kier alpha value is -3.17. The predicted molar refractivity (Wildman–Crippen MR) is 135 cm³/mol. The summed E-state index contributed by atoms with van der Waals surface area (Å²) < 4.78 is 8.81. The number of piperidine rings is 1. The molecule has 0 bridgehead atoms. The molecule has 1 amide bonds. The first-order chi connectivity index (χ1) is 16.2. The number of hydrogen-bond acceptors (Lipinski definition) is 8. The fourth-order valence-electron chi connectivity index (χ4n) is 4.20. The van der Waals surface area contributed by atoms with Crippen LogP contribution in [-0.4, -0.2) is 49.0 Å². The zero-order chi connectivity index (χ0) is 24.3. The lowest BCUT2D eigenvalue weighted by molar-refractivity contribution is 0.0471. The third kappa shape index (κ3) is 5.31. The van der Waals surface area contributed by atoms with Crippen molar-refractivity contribution in [2.45, 2.75) is 45.8 Å². The average molecular weight is 482 g/mol. The van der Waals surface area contributed by atoms with Crippen molar-refractivity contribution in [3.05, 3.63) is 59.7 Å². The van der Waals surface area contributed by atoms with Crippen molar-refractivity contribution in [1.29, 1.82) is 0 Å². The Balaban J connectivity index is 1.56. The van der Waals surface area contributed by atoms with E-state index in [1.54, 1.807) is 23.1 Å². The van der Waals surface area contributed by atoms with Gasteiger partial charge in [0.05, 0.1) is 35.1 Å². The van der Waals surface area contributed by atoms with E-state index in [1.807, 2.05) is 18.2 Å². The summed E-state index contributed by atoms with van der Waals surface area (Å²) in [5.74, 6) is 0.598. The van der Waals surface area contributed by atoms with Crippen LogP contribution in [0, 0.1) is 5.41 Å². The van der Waals surface area contributed by atoms with E-state index in [4.69, 9.17) is 0 Å². The lowest BCUT2D eigenvalue weighted by atomic mass is 9.82. The first-order valence-corrected chi connectivity index (χ1v) is 12.2. The van der Waals surface area contributed by atoms with E-state index >= 15 is 0 Å². The van der Waals surface area contributed by atoms with Crippen LogP contribution >= 0.6 is 11.7 Å². The molecule has 8 nitrogen and oxygen atoms in total. The fraction of sp³-hybridized carbons (Fsp3) is 0.400. The highest BCUT2D eigenvalue weighted by atomic mass is 32.1. The van der Waals surface area contributed by atoms with E-state index in [2.05, 4.69) is 52.3 Å².